The number of benzene rings is 3. The number of nitrogens with two attached hydrogens (primary N) is 1. The Balaban J connectivity index is 1.60. The molecule has 0 saturated heterocycles. The molecule has 3 aromatic carbocycles. The van der Waals surface area contributed by atoms with E-state index in [0.717, 1.165) is 0 Å². The van der Waals surface area contributed by atoms with Crippen molar-refractivity contribution in [1.29, 1.82) is 5.41 Å². The zero-order valence-corrected chi connectivity index (χ0v) is 23.2. The highest BCUT2D eigenvalue weighted by molar-refractivity contribution is 5.99. The molecule has 4 rings (SSSR count). The van der Waals surface area contributed by atoms with Gasteiger partial charge in [0.15, 0.2) is 11.5 Å². The van der Waals surface area contributed by atoms with Crippen LogP contribution >= 0.6 is 0 Å². The van der Waals surface area contributed by atoms with Gasteiger partial charge in [-0.1, -0.05) is 18.2 Å². The van der Waals surface area contributed by atoms with Crippen LogP contribution in [0.4, 0.5) is 5.69 Å². The number of amidine groups is 1. The number of hydrogen-bond donors (Lipinski definition) is 5. The van der Waals surface area contributed by atoms with Crippen LogP contribution in [0.1, 0.15) is 48.3 Å². The Bertz CT molecular complexity index is 1500. The van der Waals surface area contributed by atoms with Crippen LogP contribution in [0.3, 0.4) is 0 Å². The lowest BCUT2D eigenvalue weighted by Gasteiger charge is -2.22. The molecular formula is C31H34N6O4. The van der Waals surface area contributed by atoms with Crippen LogP contribution in [-0.4, -0.2) is 34.9 Å². The van der Waals surface area contributed by atoms with Crippen molar-refractivity contribution in [3.05, 3.63) is 108 Å². The number of para-hydroxylation sites is 1. The van der Waals surface area contributed by atoms with Crippen molar-refractivity contribution in [2.45, 2.75) is 32.9 Å². The third kappa shape index (κ3) is 7.24. The largest absolute Gasteiger partial charge is 0.490 e. The van der Waals surface area contributed by atoms with Crippen molar-refractivity contribution < 1.29 is 19.1 Å². The first kappa shape index (κ1) is 28.8. The molecule has 4 aromatic rings. The Kier molecular flexibility index (Phi) is 9.26. The minimum Gasteiger partial charge on any atom is -0.490 e. The van der Waals surface area contributed by atoms with Crippen LogP contribution in [0.15, 0.2) is 91.3 Å². The number of anilines is 1. The summed E-state index contributed by atoms with van der Waals surface area (Å²) in [5.41, 5.74) is 13.5. The number of ether oxygens (including phenoxy) is 2. The smallest absolute Gasteiger partial charge is 0.271 e. The minimum atomic E-state index is -0.925. The second-order valence-electron chi connectivity index (χ2n) is 9.43. The van der Waals surface area contributed by atoms with Gasteiger partial charge in [0, 0.05) is 23.6 Å². The molecule has 10 nitrogen and oxygen atoms in total. The van der Waals surface area contributed by atoms with E-state index < -0.39 is 17.9 Å². The first-order valence-electron chi connectivity index (χ1n) is 13.2. The standard InChI is InChI=1S/C31H34N6O4/c1-4-40-27-19-22(13-16-26(27)41-20(2)3)28(34-23-14-11-21(12-15-23)29(32)33)31(39)36-35-30(38)24-9-5-6-10-25(24)37-17-7-8-18-37/h5-20,28,34H,4H2,1-3H3,(H3,32,33)(H,35,38)(H,36,39). The van der Waals surface area contributed by atoms with Crippen LogP contribution in [0.2, 0.25) is 0 Å². The molecule has 1 heterocycles. The molecule has 0 radical (unpaired) electrons. The molecule has 0 aliphatic rings. The van der Waals surface area contributed by atoms with E-state index in [1.807, 2.05) is 62.0 Å². The Morgan fingerprint density at radius 2 is 1.63 bits per heavy atom. The van der Waals surface area contributed by atoms with Gasteiger partial charge in [-0.15, -0.1) is 0 Å². The second kappa shape index (κ2) is 13.2. The summed E-state index contributed by atoms with van der Waals surface area (Å²) in [6, 6.07) is 22.0. The van der Waals surface area contributed by atoms with E-state index in [1.165, 1.54) is 0 Å². The maximum atomic E-state index is 13.6. The van der Waals surface area contributed by atoms with E-state index in [9.17, 15) is 9.59 Å². The van der Waals surface area contributed by atoms with E-state index in [2.05, 4.69) is 16.2 Å². The second-order valence-corrected chi connectivity index (χ2v) is 9.43. The zero-order valence-electron chi connectivity index (χ0n) is 23.2. The molecule has 6 N–H and O–H groups in total. The summed E-state index contributed by atoms with van der Waals surface area (Å²) in [7, 11) is 0. The molecule has 2 amide bonds. The van der Waals surface area contributed by atoms with Crippen molar-refractivity contribution >= 4 is 23.3 Å². The Hall–Kier alpha value is -5.25. The minimum absolute atomic E-state index is 0.0594. The van der Waals surface area contributed by atoms with E-state index in [0.29, 0.717) is 46.2 Å². The van der Waals surface area contributed by atoms with Gasteiger partial charge in [0.1, 0.15) is 11.9 Å². The molecular weight excluding hydrogens is 520 g/mol. The van der Waals surface area contributed by atoms with E-state index in [-0.39, 0.29) is 11.9 Å². The number of carbonyl (C=O) groups is 2. The van der Waals surface area contributed by atoms with Gasteiger partial charge in [-0.2, -0.15) is 0 Å². The Labute approximate surface area is 239 Å². The Morgan fingerprint density at radius 3 is 2.29 bits per heavy atom. The monoisotopic (exact) mass is 554 g/mol. The normalized spacial score (nSPS) is 11.4. The maximum absolute atomic E-state index is 13.6. The third-order valence-electron chi connectivity index (χ3n) is 6.06. The zero-order chi connectivity index (χ0) is 29.4. The van der Waals surface area contributed by atoms with Gasteiger partial charge in [-0.05, 0) is 87.0 Å². The van der Waals surface area contributed by atoms with Crippen LogP contribution in [-0.2, 0) is 4.79 Å². The first-order chi connectivity index (χ1) is 19.8. The van der Waals surface area contributed by atoms with Crippen LogP contribution in [0.25, 0.3) is 5.69 Å². The molecule has 212 valence electrons. The van der Waals surface area contributed by atoms with E-state index in [4.69, 9.17) is 20.6 Å². The molecule has 0 fully saturated rings. The average molecular weight is 555 g/mol. The lowest BCUT2D eigenvalue weighted by Crippen LogP contribution is -2.45. The van der Waals surface area contributed by atoms with Gasteiger partial charge in [0.25, 0.3) is 11.8 Å². The van der Waals surface area contributed by atoms with Crippen molar-refractivity contribution in [3.8, 4) is 17.2 Å². The maximum Gasteiger partial charge on any atom is 0.271 e. The summed E-state index contributed by atoms with van der Waals surface area (Å²) >= 11 is 0. The van der Waals surface area contributed by atoms with Gasteiger partial charge < -0.3 is 25.1 Å². The summed E-state index contributed by atoms with van der Waals surface area (Å²) in [4.78, 5) is 26.7. The van der Waals surface area contributed by atoms with Crippen molar-refractivity contribution in [2.24, 2.45) is 5.73 Å². The predicted octanol–water partition coefficient (Wildman–Crippen LogP) is 4.56. The lowest BCUT2D eigenvalue weighted by molar-refractivity contribution is -0.122. The molecule has 0 aliphatic carbocycles. The van der Waals surface area contributed by atoms with E-state index >= 15 is 0 Å². The molecule has 41 heavy (non-hydrogen) atoms. The number of carbonyl (C=O) groups excluding carboxylic acids is 2. The quantitative estimate of drug-likeness (QED) is 0.104. The van der Waals surface area contributed by atoms with Gasteiger partial charge in [-0.3, -0.25) is 25.8 Å². The van der Waals surface area contributed by atoms with Crippen molar-refractivity contribution in [1.82, 2.24) is 15.4 Å². The average Bonchev–Trinajstić information content (AvgIpc) is 3.51. The highest BCUT2D eigenvalue weighted by atomic mass is 16.5. The molecule has 0 saturated carbocycles. The van der Waals surface area contributed by atoms with Crippen LogP contribution < -0.4 is 31.4 Å². The summed E-state index contributed by atoms with van der Waals surface area (Å²) in [6.45, 7) is 6.12. The molecule has 1 unspecified atom stereocenters. The molecule has 0 aliphatic heterocycles. The van der Waals surface area contributed by atoms with Gasteiger partial charge in [0.2, 0.25) is 0 Å². The summed E-state index contributed by atoms with van der Waals surface area (Å²) < 4.78 is 13.5. The van der Waals surface area contributed by atoms with Gasteiger partial charge in [-0.25, -0.2) is 0 Å². The van der Waals surface area contributed by atoms with Crippen LogP contribution in [0, 0.1) is 5.41 Å². The van der Waals surface area contributed by atoms with Crippen molar-refractivity contribution in [2.75, 3.05) is 11.9 Å². The highest BCUT2D eigenvalue weighted by Gasteiger charge is 2.24. The highest BCUT2D eigenvalue weighted by Crippen LogP contribution is 2.33. The first-order valence-corrected chi connectivity index (χ1v) is 13.2. The molecule has 1 atom stereocenters. The number of hydrazine groups is 1. The van der Waals surface area contributed by atoms with Gasteiger partial charge >= 0.3 is 0 Å². The SMILES string of the molecule is CCOc1cc(C(Nc2ccc(C(=N)N)cc2)C(=O)NNC(=O)c2ccccc2-n2cccc2)ccc1OC(C)C. The topological polar surface area (TPSA) is 143 Å². The predicted molar refractivity (Wildman–Crippen MR) is 159 cm³/mol. The number of hydrogen-bond acceptors (Lipinski definition) is 6. The number of rotatable bonds is 11. The number of nitrogens with one attached hydrogen (secondary N) is 4. The molecule has 0 spiro atoms. The number of amides is 2. The Morgan fingerprint density at radius 1 is 0.927 bits per heavy atom. The summed E-state index contributed by atoms with van der Waals surface area (Å²) in [5, 5.41) is 10.8. The van der Waals surface area contributed by atoms with E-state index in [1.54, 1.807) is 54.6 Å². The van der Waals surface area contributed by atoms with Crippen LogP contribution in [0.5, 0.6) is 11.5 Å². The van der Waals surface area contributed by atoms with Crippen molar-refractivity contribution in [3.63, 3.8) is 0 Å². The lowest BCUT2D eigenvalue weighted by atomic mass is 10.0. The molecule has 10 heteroatoms. The molecule has 1 aromatic heterocycles. The molecule has 0 bridgehead atoms. The number of nitrogen functional groups attached to an aromatic ring is 1. The number of aromatic nitrogens is 1. The number of nitrogens with zero attached hydrogens (tertiary/aromatic N) is 1. The fourth-order valence-corrected chi connectivity index (χ4v) is 4.18. The summed E-state index contributed by atoms with van der Waals surface area (Å²) in [5.74, 6) is 0.0200. The summed E-state index contributed by atoms with van der Waals surface area (Å²) in [6.07, 6.45) is 3.61. The fraction of sp³-hybridized carbons (Fsp3) is 0.194. The van der Waals surface area contributed by atoms with Gasteiger partial charge in [0.05, 0.1) is 24.0 Å². The fourth-order valence-electron chi connectivity index (χ4n) is 4.18. The third-order valence-corrected chi connectivity index (χ3v) is 6.06.